The zero-order chi connectivity index (χ0) is 12.8. The molecule has 2 heterocycles. The van der Waals surface area contributed by atoms with Crippen molar-refractivity contribution in [1.29, 1.82) is 0 Å². The normalized spacial score (nSPS) is 19.8. The van der Waals surface area contributed by atoms with Crippen molar-refractivity contribution >= 4 is 11.6 Å². The van der Waals surface area contributed by atoms with E-state index in [0.717, 1.165) is 24.7 Å². The van der Waals surface area contributed by atoms with E-state index in [0.29, 0.717) is 12.1 Å². The molecule has 1 aromatic rings. The first-order valence-corrected chi connectivity index (χ1v) is 6.80. The van der Waals surface area contributed by atoms with E-state index in [9.17, 15) is 0 Å². The summed E-state index contributed by atoms with van der Waals surface area (Å²) in [7, 11) is 0. The lowest BCUT2D eigenvalue weighted by molar-refractivity contribution is 0.414. The van der Waals surface area contributed by atoms with E-state index in [1.165, 1.54) is 19.3 Å². The van der Waals surface area contributed by atoms with Crippen LogP contribution >= 0.6 is 0 Å². The Labute approximate surface area is 109 Å². The maximum Gasteiger partial charge on any atom is 0.131 e. The van der Waals surface area contributed by atoms with Crippen LogP contribution in [0.3, 0.4) is 0 Å². The van der Waals surface area contributed by atoms with Crippen molar-refractivity contribution in [2.24, 2.45) is 0 Å². The van der Waals surface area contributed by atoms with Crippen molar-refractivity contribution in [2.75, 3.05) is 23.7 Å². The summed E-state index contributed by atoms with van der Waals surface area (Å²) < 4.78 is 0. The molecule has 0 aliphatic carbocycles. The van der Waals surface area contributed by atoms with Crippen LogP contribution in [0, 0.1) is 0 Å². The minimum absolute atomic E-state index is 0.382. The smallest absolute Gasteiger partial charge is 0.131 e. The molecular weight excluding hydrogens is 226 g/mol. The average Bonchev–Trinajstić information content (AvgIpc) is 2.37. The van der Waals surface area contributed by atoms with Gasteiger partial charge in [-0.05, 0) is 33.2 Å². The summed E-state index contributed by atoms with van der Waals surface area (Å²) in [4.78, 5) is 8.44. The van der Waals surface area contributed by atoms with Crippen molar-refractivity contribution in [3.8, 4) is 0 Å². The monoisotopic (exact) mass is 249 g/mol. The van der Waals surface area contributed by atoms with Crippen LogP contribution < -0.4 is 16.0 Å². The van der Waals surface area contributed by atoms with Crippen molar-refractivity contribution in [3.63, 3.8) is 0 Å². The van der Waals surface area contributed by atoms with Gasteiger partial charge < -0.3 is 16.0 Å². The second-order valence-corrected chi connectivity index (χ2v) is 5.12. The fourth-order valence-electron chi connectivity index (χ4n) is 2.15. The second kappa shape index (κ2) is 6.54. The Balaban J connectivity index is 1.84. The largest absolute Gasteiger partial charge is 0.368 e. The van der Waals surface area contributed by atoms with Gasteiger partial charge in [-0.1, -0.05) is 6.42 Å². The molecule has 1 aromatic heterocycles. The predicted molar refractivity (Wildman–Crippen MR) is 74.9 cm³/mol. The van der Waals surface area contributed by atoms with Gasteiger partial charge in [0.15, 0.2) is 0 Å². The third-order valence-corrected chi connectivity index (χ3v) is 3.05. The third kappa shape index (κ3) is 4.14. The molecule has 0 aromatic carbocycles. The van der Waals surface area contributed by atoms with Crippen LogP contribution in [-0.4, -0.2) is 35.1 Å². The molecule has 1 fully saturated rings. The Morgan fingerprint density at radius 3 is 2.89 bits per heavy atom. The zero-order valence-electron chi connectivity index (χ0n) is 11.2. The molecule has 1 aliphatic heterocycles. The van der Waals surface area contributed by atoms with Gasteiger partial charge in [-0.3, -0.25) is 0 Å². The maximum atomic E-state index is 4.24. The van der Waals surface area contributed by atoms with Crippen molar-refractivity contribution < 1.29 is 0 Å². The highest BCUT2D eigenvalue weighted by atomic mass is 15.1. The van der Waals surface area contributed by atoms with E-state index in [1.807, 2.05) is 6.07 Å². The molecule has 100 valence electrons. The molecule has 0 spiro atoms. The lowest BCUT2D eigenvalue weighted by Gasteiger charge is -2.23. The molecule has 0 radical (unpaired) electrons. The molecule has 1 saturated heterocycles. The van der Waals surface area contributed by atoms with Crippen molar-refractivity contribution in [2.45, 2.75) is 45.2 Å². The van der Waals surface area contributed by atoms with E-state index in [-0.39, 0.29) is 0 Å². The molecule has 0 bridgehead atoms. The van der Waals surface area contributed by atoms with Gasteiger partial charge in [-0.15, -0.1) is 0 Å². The summed E-state index contributed by atoms with van der Waals surface area (Å²) >= 11 is 0. The number of nitrogens with zero attached hydrogens (tertiary/aromatic N) is 2. The average molecular weight is 249 g/mol. The summed E-state index contributed by atoms with van der Waals surface area (Å²) in [5, 5.41) is 10.2. The first-order valence-electron chi connectivity index (χ1n) is 6.80. The quantitative estimate of drug-likeness (QED) is 0.743. The lowest BCUT2D eigenvalue weighted by Crippen LogP contribution is -2.39. The Morgan fingerprint density at radius 2 is 2.17 bits per heavy atom. The fourth-order valence-corrected chi connectivity index (χ4v) is 2.15. The van der Waals surface area contributed by atoms with E-state index in [2.05, 4.69) is 39.8 Å². The summed E-state index contributed by atoms with van der Waals surface area (Å²) in [6.07, 6.45) is 5.46. The van der Waals surface area contributed by atoms with Gasteiger partial charge in [-0.2, -0.15) is 0 Å². The SMILES string of the molecule is CC(C)Nc1cc(NCC2CCCCN2)ncn1. The number of aromatic nitrogens is 2. The topological polar surface area (TPSA) is 61.9 Å². The third-order valence-electron chi connectivity index (χ3n) is 3.05. The summed E-state index contributed by atoms with van der Waals surface area (Å²) in [6.45, 7) is 6.26. The molecule has 18 heavy (non-hydrogen) atoms. The molecule has 1 atom stereocenters. The van der Waals surface area contributed by atoms with Crippen molar-refractivity contribution in [3.05, 3.63) is 12.4 Å². The molecule has 5 nitrogen and oxygen atoms in total. The Kier molecular flexibility index (Phi) is 4.75. The molecule has 0 amide bonds. The molecule has 1 aliphatic rings. The molecular formula is C13H23N5. The number of nitrogens with one attached hydrogen (secondary N) is 3. The first-order chi connectivity index (χ1) is 8.74. The van der Waals surface area contributed by atoms with Gasteiger partial charge in [-0.25, -0.2) is 9.97 Å². The summed E-state index contributed by atoms with van der Waals surface area (Å²) in [6, 6.07) is 2.91. The number of rotatable bonds is 5. The highest BCUT2D eigenvalue weighted by Crippen LogP contribution is 2.11. The fraction of sp³-hybridized carbons (Fsp3) is 0.692. The second-order valence-electron chi connectivity index (χ2n) is 5.12. The van der Waals surface area contributed by atoms with E-state index >= 15 is 0 Å². The van der Waals surface area contributed by atoms with Crippen LogP contribution in [0.1, 0.15) is 33.1 Å². The number of hydrogen-bond donors (Lipinski definition) is 3. The lowest BCUT2D eigenvalue weighted by atomic mass is 10.1. The standard InChI is InChI=1S/C13H23N5/c1-10(2)18-13-7-12(16-9-17-13)15-8-11-5-3-4-6-14-11/h7,9-11,14H,3-6,8H2,1-2H3,(H2,15,16,17,18). The molecule has 2 rings (SSSR count). The summed E-state index contributed by atoms with van der Waals surface area (Å²) in [5.74, 6) is 1.76. The van der Waals surface area contributed by atoms with Crippen LogP contribution in [0.25, 0.3) is 0 Å². The number of anilines is 2. The van der Waals surface area contributed by atoms with Gasteiger partial charge >= 0.3 is 0 Å². The minimum atomic E-state index is 0.382. The van der Waals surface area contributed by atoms with Crippen LogP contribution in [0.5, 0.6) is 0 Å². The Hall–Kier alpha value is -1.36. The number of piperidine rings is 1. The summed E-state index contributed by atoms with van der Waals surface area (Å²) in [5.41, 5.74) is 0. The van der Waals surface area contributed by atoms with Gasteiger partial charge in [0.2, 0.25) is 0 Å². The van der Waals surface area contributed by atoms with Crippen LogP contribution in [-0.2, 0) is 0 Å². The Bertz CT molecular complexity index is 360. The van der Waals surface area contributed by atoms with Crippen LogP contribution in [0.15, 0.2) is 12.4 Å². The molecule has 3 N–H and O–H groups in total. The minimum Gasteiger partial charge on any atom is -0.368 e. The zero-order valence-corrected chi connectivity index (χ0v) is 11.2. The van der Waals surface area contributed by atoms with Crippen molar-refractivity contribution in [1.82, 2.24) is 15.3 Å². The highest BCUT2D eigenvalue weighted by molar-refractivity contribution is 5.46. The van der Waals surface area contributed by atoms with E-state index < -0.39 is 0 Å². The van der Waals surface area contributed by atoms with Crippen LogP contribution in [0.2, 0.25) is 0 Å². The van der Waals surface area contributed by atoms with E-state index in [1.54, 1.807) is 6.33 Å². The number of hydrogen-bond acceptors (Lipinski definition) is 5. The predicted octanol–water partition coefficient (Wildman–Crippen LogP) is 1.85. The van der Waals surface area contributed by atoms with E-state index in [4.69, 9.17) is 0 Å². The maximum absolute atomic E-state index is 4.24. The van der Waals surface area contributed by atoms with Gasteiger partial charge in [0, 0.05) is 24.7 Å². The van der Waals surface area contributed by atoms with Gasteiger partial charge in [0.05, 0.1) is 0 Å². The van der Waals surface area contributed by atoms with Gasteiger partial charge in [0.1, 0.15) is 18.0 Å². The first kappa shape index (κ1) is 13.1. The van der Waals surface area contributed by atoms with Gasteiger partial charge in [0.25, 0.3) is 0 Å². The highest BCUT2D eigenvalue weighted by Gasteiger charge is 2.12. The molecule has 1 unspecified atom stereocenters. The van der Waals surface area contributed by atoms with Crippen LogP contribution in [0.4, 0.5) is 11.6 Å². The molecule has 0 saturated carbocycles. The molecule has 5 heteroatoms. The Morgan fingerprint density at radius 1 is 1.33 bits per heavy atom.